The van der Waals surface area contributed by atoms with Gasteiger partial charge in [0.15, 0.2) is 7.38 Å². The first-order chi connectivity index (χ1) is 18.3. The molecule has 2 aromatic rings. The fraction of sp³-hybridized carbons (Fsp3) is 0.462. The number of sulfonamides is 2. The molecule has 41 heavy (non-hydrogen) atoms. The molecular weight excluding hydrogens is 652 g/mol. The summed E-state index contributed by atoms with van der Waals surface area (Å²) in [5.74, 6) is 0. The van der Waals surface area contributed by atoms with Gasteiger partial charge in [-0.05, 0) is 82.1 Å². The van der Waals surface area contributed by atoms with Crippen LogP contribution in [0.1, 0.15) is 41.5 Å². The number of thiocyanates is 2. The lowest BCUT2D eigenvalue weighted by molar-refractivity contribution is 0.589. The van der Waals surface area contributed by atoms with Crippen LogP contribution in [0.25, 0.3) is 0 Å². The average Bonchev–Trinajstić information content (AvgIpc) is 2.78. The summed E-state index contributed by atoms with van der Waals surface area (Å²) >= 11 is 8.12. The van der Waals surface area contributed by atoms with Gasteiger partial charge in [0, 0.05) is 9.79 Å². The Hall–Kier alpha value is -1.34. The topological polar surface area (TPSA) is 154 Å². The average molecular weight is 694 g/mol. The number of rotatable bonds is 6. The molecule has 0 atom stereocenters. The van der Waals surface area contributed by atoms with E-state index in [4.69, 9.17) is 26.7 Å². The van der Waals surface area contributed by atoms with Gasteiger partial charge in [-0.15, -0.1) is 0 Å². The van der Waals surface area contributed by atoms with Crippen molar-refractivity contribution in [2.75, 3.05) is 0 Å². The Kier molecular flexibility index (Phi) is 14.9. The molecule has 8 nitrogen and oxygen atoms in total. The molecule has 3 N–H and O–H groups in total. The summed E-state index contributed by atoms with van der Waals surface area (Å²) in [6, 6.07) is 12.2. The van der Waals surface area contributed by atoms with E-state index in [1.165, 1.54) is 36.4 Å². The Morgan fingerprint density at radius 3 is 1.29 bits per heavy atom. The van der Waals surface area contributed by atoms with Gasteiger partial charge in [-0.25, -0.2) is 26.4 Å². The van der Waals surface area contributed by atoms with Crippen molar-refractivity contribution in [3.63, 3.8) is 0 Å². The molecule has 0 aliphatic rings. The zero-order chi connectivity index (χ0) is 32.5. The molecule has 0 heterocycles. The number of hydrogen-bond acceptors (Lipinski definition) is 8. The molecule has 0 aliphatic carbocycles. The normalized spacial score (nSPS) is 12.5. The van der Waals surface area contributed by atoms with E-state index in [9.17, 15) is 16.8 Å². The summed E-state index contributed by atoms with van der Waals surface area (Å²) in [6.45, 7) is 21.1. The van der Waals surface area contributed by atoms with Crippen LogP contribution in [0, 0.1) is 21.3 Å². The second-order valence-corrected chi connectivity index (χ2v) is 29.7. The number of nitrogens with two attached hydrogens (primary N) is 1. The van der Waals surface area contributed by atoms with Gasteiger partial charge in [-0.2, -0.15) is 21.6 Å². The first kappa shape index (κ1) is 39.7. The van der Waals surface area contributed by atoms with Crippen LogP contribution in [0.2, 0.25) is 36.3 Å². The molecule has 15 heteroatoms. The molecule has 0 unspecified atom stereocenters. The van der Waals surface area contributed by atoms with Crippen LogP contribution in [-0.2, 0) is 20.0 Å². The molecule has 2 aromatic carbocycles. The van der Waals surface area contributed by atoms with E-state index in [1.54, 1.807) is 12.1 Å². The number of primary sulfonamides is 1. The van der Waals surface area contributed by atoms with Crippen LogP contribution < -0.4 is 9.53 Å². The molecule has 0 amide bonds. The Morgan fingerprint density at radius 2 is 1.05 bits per heavy atom. The van der Waals surface area contributed by atoms with Crippen LogP contribution >= 0.6 is 34.6 Å². The van der Waals surface area contributed by atoms with Crippen molar-refractivity contribution >= 4 is 70.3 Å². The third-order valence-electron chi connectivity index (χ3n) is 6.66. The lowest BCUT2D eigenvalue weighted by atomic mass is 10.2. The Balaban J connectivity index is 0.000000652. The highest BCUT2D eigenvalue weighted by Gasteiger charge is 2.39. The third kappa shape index (κ3) is 14.1. The summed E-state index contributed by atoms with van der Waals surface area (Å²) in [5.41, 5.74) is 0. The third-order valence-corrected chi connectivity index (χ3v) is 21.8. The fourth-order valence-electron chi connectivity index (χ4n) is 2.04. The number of nitrogens with one attached hydrogen (secondary N) is 1. The number of halogens is 1. The summed E-state index contributed by atoms with van der Waals surface area (Å²) in [5, 5.41) is 25.9. The van der Waals surface area contributed by atoms with Crippen molar-refractivity contribution in [2.24, 2.45) is 5.14 Å². The number of benzene rings is 2. The molecule has 0 aliphatic heterocycles. The van der Waals surface area contributed by atoms with Gasteiger partial charge in [-0.1, -0.05) is 67.7 Å². The first-order valence-corrected chi connectivity index (χ1v) is 24.0. The predicted molar refractivity (Wildman–Crippen MR) is 178 cm³/mol. The second kappa shape index (κ2) is 15.4. The standard InChI is InChI=1S/C13H20N2O2S2Si.C7H6N2O2S2.C6H15ClSi/c1-13(2,3)20(4,5)15-19(16,17)12-8-6-11(7-9-12)18-10-14;8-5-12-6-1-3-7(4-2-6)13(9,10)11;1-6(2,3)8(4,5)7/h6-9,15H,1-5H3;1-4H,(H2,9,10,11);1-5H3. The number of thioether (sulfide) groups is 2. The molecule has 0 fully saturated rings. The lowest BCUT2D eigenvalue weighted by Crippen LogP contribution is -2.54. The van der Waals surface area contributed by atoms with E-state index in [0.29, 0.717) is 9.93 Å². The monoisotopic (exact) mass is 692 g/mol. The van der Waals surface area contributed by atoms with Gasteiger partial charge in [0.05, 0.1) is 9.79 Å². The van der Waals surface area contributed by atoms with E-state index in [0.717, 1.165) is 28.4 Å². The summed E-state index contributed by atoms with van der Waals surface area (Å²) in [4.78, 5) is 1.72. The van der Waals surface area contributed by atoms with Gasteiger partial charge in [0.25, 0.3) is 0 Å². The van der Waals surface area contributed by atoms with Gasteiger partial charge in [0.1, 0.15) is 19.0 Å². The Morgan fingerprint density at radius 1 is 0.732 bits per heavy atom. The first-order valence-electron chi connectivity index (χ1n) is 12.4. The maximum atomic E-state index is 12.4. The molecule has 0 aromatic heterocycles. The smallest absolute Gasteiger partial charge is 0.233 e. The molecule has 228 valence electrons. The predicted octanol–water partition coefficient (Wildman–Crippen LogP) is 7.68. The van der Waals surface area contributed by atoms with Crippen molar-refractivity contribution in [2.45, 2.75) is 97.4 Å². The molecular formula is C26H41ClN4O4S4Si2. The number of nitriles is 2. The maximum Gasteiger partial charge on any atom is 0.238 e. The summed E-state index contributed by atoms with van der Waals surface area (Å²) in [6.07, 6.45) is 0. The van der Waals surface area contributed by atoms with Crippen LogP contribution in [0.15, 0.2) is 68.1 Å². The van der Waals surface area contributed by atoms with Crippen molar-refractivity contribution in [1.82, 2.24) is 4.39 Å². The fourth-order valence-corrected chi connectivity index (χ4v) is 8.19. The molecule has 0 spiro atoms. The summed E-state index contributed by atoms with van der Waals surface area (Å²) in [7, 11) is -10.7. The highest BCUT2D eigenvalue weighted by Crippen LogP contribution is 2.38. The molecule has 0 saturated heterocycles. The minimum Gasteiger partial charge on any atom is -0.233 e. The maximum absolute atomic E-state index is 12.4. The van der Waals surface area contributed by atoms with E-state index in [1.807, 2.05) is 44.7 Å². The van der Waals surface area contributed by atoms with Gasteiger partial charge in [-0.3, -0.25) is 0 Å². The van der Waals surface area contributed by atoms with Crippen molar-refractivity contribution in [3.8, 4) is 10.8 Å². The van der Waals surface area contributed by atoms with Crippen molar-refractivity contribution in [3.05, 3.63) is 48.5 Å². The number of nitrogens with zero attached hydrogens (tertiary/aromatic N) is 2. The number of hydrogen-bond donors (Lipinski definition) is 2. The van der Waals surface area contributed by atoms with Gasteiger partial charge in [0.2, 0.25) is 20.0 Å². The van der Waals surface area contributed by atoms with E-state index in [-0.39, 0.29) is 14.8 Å². The largest absolute Gasteiger partial charge is 0.238 e. The molecule has 2 rings (SSSR count). The van der Waals surface area contributed by atoms with Crippen molar-refractivity contribution < 1.29 is 16.8 Å². The van der Waals surface area contributed by atoms with E-state index >= 15 is 0 Å². The van der Waals surface area contributed by atoms with E-state index < -0.39 is 35.7 Å². The van der Waals surface area contributed by atoms with Crippen LogP contribution in [-0.4, -0.2) is 32.5 Å². The van der Waals surface area contributed by atoms with Crippen LogP contribution in [0.4, 0.5) is 0 Å². The second-order valence-electron chi connectivity index (χ2n) is 12.1. The minimum absolute atomic E-state index is 0.0507. The SMILES string of the molecule is CC(C)(C)[Si](C)(C)Cl.CC(C)(C)[Si](C)(C)NS(=O)(=O)c1ccc(SC#N)cc1.N#CSc1ccc(S(N)(=O)=O)cc1. The highest BCUT2D eigenvalue weighted by atomic mass is 35.6. The van der Waals surface area contributed by atoms with Gasteiger partial charge >= 0.3 is 0 Å². The Bertz CT molecular complexity index is 1420. The van der Waals surface area contributed by atoms with Gasteiger partial charge < -0.3 is 0 Å². The van der Waals surface area contributed by atoms with Crippen LogP contribution in [0.3, 0.4) is 0 Å². The highest BCUT2D eigenvalue weighted by molar-refractivity contribution is 8.04. The lowest BCUT2D eigenvalue weighted by Gasteiger charge is -2.36. The Labute approximate surface area is 262 Å². The minimum atomic E-state index is -3.63. The molecule has 0 bridgehead atoms. The van der Waals surface area contributed by atoms with Crippen molar-refractivity contribution in [1.29, 1.82) is 10.5 Å². The quantitative estimate of drug-likeness (QED) is 0.135. The van der Waals surface area contributed by atoms with Crippen LogP contribution in [0.5, 0.6) is 0 Å². The molecule has 0 radical (unpaired) electrons. The summed E-state index contributed by atoms with van der Waals surface area (Å²) < 4.78 is 49.3. The zero-order valence-corrected chi connectivity index (χ0v) is 31.3. The van der Waals surface area contributed by atoms with E-state index in [2.05, 4.69) is 38.3 Å². The zero-order valence-electron chi connectivity index (χ0n) is 25.2. The molecule has 0 saturated carbocycles.